The van der Waals surface area contributed by atoms with E-state index in [1.54, 1.807) is 13.8 Å². The summed E-state index contributed by atoms with van der Waals surface area (Å²) in [5, 5.41) is 30.5. The topological polar surface area (TPSA) is 168 Å². The molecule has 33 heavy (non-hydrogen) atoms. The Morgan fingerprint density at radius 3 is 1.52 bits per heavy atom. The highest BCUT2D eigenvalue weighted by molar-refractivity contribution is 5.91. The first kappa shape index (κ1) is 26.8. The Labute approximate surface area is 189 Å². The average molecular weight is 464 g/mol. The quantitative estimate of drug-likeness (QED) is 0.344. The summed E-state index contributed by atoms with van der Waals surface area (Å²) in [6.45, 7) is 3.52. The lowest BCUT2D eigenvalue weighted by molar-refractivity contribution is -0.385. The van der Waals surface area contributed by atoms with Gasteiger partial charge >= 0.3 is 11.9 Å². The van der Waals surface area contributed by atoms with Gasteiger partial charge in [0.2, 0.25) is 0 Å². The summed E-state index contributed by atoms with van der Waals surface area (Å²) in [5.74, 6) is -1.30. The molecule has 12 heteroatoms. The fourth-order valence-electron chi connectivity index (χ4n) is 3.02. The molecule has 0 heterocycles. The van der Waals surface area contributed by atoms with E-state index in [4.69, 9.17) is 14.6 Å². The molecule has 0 aromatic heterocycles. The molecular formula is C21H24N2O10. The molecule has 0 unspecified atom stereocenters. The van der Waals surface area contributed by atoms with E-state index in [1.807, 2.05) is 0 Å². The molecule has 0 saturated heterocycles. The van der Waals surface area contributed by atoms with Crippen LogP contribution >= 0.6 is 0 Å². The summed E-state index contributed by atoms with van der Waals surface area (Å²) in [7, 11) is 3.97. The lowest BCUT2D eigenvalue weighted by Gasteiger charge is -2.09. The Morgan fingerprint density at radius 2 is 1.21 bits per heavy atom. The predicted octanol–water partition coefficient (Wildman–Crippen LogP) is 3.82. The van der Waals surface area contributed by atoms with Gasteiger partial charge in [-0.25, -0.2) is 9.59 Å². The number of carboxylic acids is 1. The molecule has 0 aliphatic heterocycles. The maximum Gasteiger partial charge on any atom is 0.338 e. The second kappa shape index (κ2) is 12.0. The highest BCUT2D eigenvalue weighted by atomic mass is 16.6. The summed E-state index contributed by atoms with van der Waals surface area (Å²) >= 11 is 0. The number of nitro groups is 2. The van der Waals surface area contributed by atoms with Crippen LogP contribution in [0, 0.1) is 20.2 Å². The summed E-state index contributed by atoms with van der Waals surface area (Å²) in [6, 6.07) is 4.97. The largest absolute Gasteiger partial charge is 0.496 e. The van der Waals surface area contributed by atoms with Gasteiger partial charge in [-0.1, -0.05) is 13.8 Å². The number of nitro benzene ring substituents is 2. The van der Waals surface area contributed by atoms with Gasteiger partial charge in [-0.15, -0.1) is 0 Å². The van der Waals surface area contributed by atoms with E-state index in [0.29, 0.717) is 29.7 Å². The Bertz CT molecular complexity index is 1070. The number of methoxy groups -OCH3 is 3. The molecule has 0 spiro atoms. The highest BCUT2D eigenvalue weighted by Crippen LogP contribution is 2.32. The van der Waals surface area contributed by atoms with Crippen LogP contribution in [0.5, 0.6) is 11.5 Å². The van der Waals surface area contributed by atoms with Crippen LogP contribution in [0.3, 0.4) is 0 Å². The molecule has 2 rings (SSSR count). The van der Waals surface area contributed by atoms with Gasteiger partial charge in [0, 0.05) is 12.1 Å². The van der Waals surface area contributed by atoms with E-state index < -0.39 is 21.8 Å². The van der Waals surface area contributed by atoms with E-state index in [2.05, 4.69) is 4.74 Å². The molecule has 0 fully saturated rings. The summed E-state index contributed by atoms with van der Waals surface area (Å²) < 4.78 is 14.5. The minimum Gasteiger partial charge on any atom is -0.496 e. The van der Waals surface area contributed by atoms with Crippen molar-refractivity contribution < 1.29 is 38.8 Å². The maximum absolute atomic E-state index is 11.4. The zero-order valence-corrected chi connectivity index (χ0v) is 18.7. The molecule has 0 bridgehead atoms. The van der Waals surface area contributed by atoms with Gasteiger partial charge in [-0.3, -0.25) is 20.2 Å². The van der Waals surface area contributed by atoms with Crippen LogP contribution in [0.1, 0.15) is 45.7 Å². The van der Waals surface area contributed by atoms with Gasteiger partial charge in [-0.05, 0) is 25.0 Å². The number of aromatic carboxylic acids is 1. The third-order valence-corrected chi connectivity index (χ3v) is 4.58. The number of nitrogens with zero attached hydrogens (tertiary/aromatic N) is 2. The normalized spacial score (nSPS) is 9.85. The zero-order valence-electron chi connectivity index (χ0n) is 18.7. The zero-order chi connectivity index (χ0) is 25.3. The number of esters is 1. The van der Waals surface area contributed by atoms with E-state index in [0.717, 1.165) is 6.07 Å². The van der Waals surface area contributed by atoms with Gasteiger partial charge in [0.1, 0.15) is 11.5 Å². The highest BCUT2D eigenvalue weighted by Gasteiger charge is 2.22. The number of carboxylic acid groups (broad SMARTS) is 1. The third-order valence-electron chi connectivity index (χ3n) is 4.58. The van der Waals surface area contributed by atoms with Crippen molar-refractivity contribution in [1.29, 1.82) is 0 Å². The van der Waals surface area contributed by atoms with Gasteiger partial charge in [0.15, 0.2) is 0 Å². The van der Waals surface area contributed by atoms with Crippen molar-refractivity contribution in [3.63, 3.8) is 0 Å². The number of carbonyl (C=O) groups is 2. The Morgan fingerprint density at radius 1 is 0.818 bits per heavy atom. The van der Waals surface area contributed by atoms with Crippen LogP contribution in [0.15, 0.2) is 24.3 Å². The van der Waals surface area contributed by atoms with Crippen LogP contribution in [-0.2, 0) is 17.6 Å². The lowest BCUT2D eigenvalue weighted by Crippen LogP contribution is -2.05. The minimum atomic E-state index is -1.22. The second-order valence-corrected chi connectivity index (χ2v) is 6.37. The average Bonchev–Trinajstić information content (AvgIpc) is 2.81. The number of hydrogen-bond acceptors (Lipinski definition) is 9. The first-order valence-electron chi connectivity index (χ1n) is 9.58. The summed E-state index contributed by atoms with van der Waals surface area (Å²) in [4.78, 5) is 42.7. The molecule has 0 amide bonds. The predicted molar refractivity (Wildman–Crippen MR) is 116 cm³/mol. The number of benzene rings is 2. The van der Waals surface area contributed by atoms with Crippen molar-refractivity contribution in [2.24, 2.45) is 0 Å². The second-order valence-electron chi connectivity index (χ2n) is 6.37. The smallest absolute Gasteiger partial charge is 0.338 e. The van der Waals surface area contributed by atoms with Crippen LogP contribution in [0.25, 0.3) is 0 Å². The Hall–Kier alpha value is -4.22. The molecule has 2 aromatic rings. The Kier molecular flexibility index (Phi) is 9.73. The van der Waals surface area contributed by atoms with Gasteiger partial charge in [0.05, 0.1) is 53.4 Å². The summed E-state index contributed by atoms with van der Waals surface area (Å²) in [6.07, 6.45) is 0.848. The number of rotatable bonds is 8. The lowest BCUT2D eigenvalue weighted by atomic mass is 10.1. The van der Waals surface area contributed by atoms with Crippen LogP contribution in [-0.4, -0.2) is 48.2 Å². The van der Waals surface area contributed by atoms with Crippen LogP contribution in [0.4, 0.5) is 11.4 Å². The summed E-state index contributed by atoms with van der Waals surface area (Å²) in [5.41, 5.74) is 0.461. The van der Waals surface area contributed by atoms with Gasteiger partial charge < -0.3 is 19.3 Å². The number of carbonyl (C=O) groups excluding carboxylic acids is 1. The molecule has 12 nitrogen and oxygen atoms in total. The molecular weight excluding hydrogens is 440 g/mol. The molecule has 2 aromatic carbocycles. The maximum atomic E-state index is 11.4. The first-order chi connectivity index (χ1) is 15.6. The molecule has 178 valence electrons. The molecule has 0 radical (unpaired) electrons. The molecule has 0 aliphatic carbocycles. The van der Waals surface area contributed by atoms with Crippen LogP contribution < -0.4 is 9.47 Å². The van der Waals surface area contributed by atoms with Crippen molar-refractivity contribution in [3.8, 4) is 11.5 Å². The van der Waals surface area contributed by atoms with E-state index >= 15 is 0 Å². The third kappa shape index (κ3) is 6.38. The molecule has 1 N–H and O–H groups in total. The molecule has 0 atom stereocenters. The van der Waals surface area contributed by atoms with E-state index in [1.165, 1.54) is 39.5 Å². The number of ether oxygens (including phenoxy) is 3. The van der Waals surface area contributed by atoms with Gasteiger partial charge in [-0.2, -0.15) is 0 Å². The van der Waals surface area contributed by atoms with Crippen LogP contribution in [0.2, 0.25) is 0 Å². The van der Waals surface area contributed by atoms with E-state index in [-0.39, 0.29) is 28.3 Å². The number of hydrogen-bond donors (Lipinski definition) is 1. The fraction of sp³-hybridized carbons (Fsp3) is 0.333. The molecule has 0 aliphatic rings. The molecule has 0 saturated carbocycles. The van der Waals surface area contributed by atoms with E-state index in [9.17, 15) is 29.8 Å². The first-order valence-corrected chi connectivity index (χ1v) is 9.58. The van der Waals surface area contributed by atoms with Crippen molar-refractivity contribution in [2.45, 2.75) is 26.7 Å². The van der Waals surface area contributed by atoms with Crippen molar-refractivity contribution in [1.82, 2.24) is 0 Å². The Balaban J connectivity index is 0.000000331. The minimum absolute atomic E-state index is 0.105. The monoisotopic (exact) mass is 464 g/mol. The standard InChI is InChI=1S/C11H13NO5.C10H11NO5/c1-4-8-9(12(14)15)5-7(11(13)17-3)6-10(8)16-2;1-3-7-8(11(14)15)4-6(10(12)13)5-9(7)16-2/h5-6H,4H2,1-3H3;4-5H,3H2,1-2H3,(H,12,13). The van der Waals surface area contributed by atoms with Crippen molar-refractivity contribution >= 4 is 23.3 Å². The fourth-order valence-corrected chi connectivity index (χ4v) is 3.02. The SMILES string of the molecule is CCc1c(OC)cc(C(=O)O)cc1[N+](=O)[O-].CCc1c(OC)cc(C(=O)OC)cc1[N+](=O)[O-]. The van der Waals surface area contributed by atoms with Gasteiger partial charge in [0.25, 0.3) is 11.4 Å². The van der Waals surface area contributed by atoms with Crippen molar-refractivity contribution in [2.75, 3.05) is 21.3 Å². The van der Waals surface area contributed by atoms with Crippen molar-refractivity contribution in [3.05, 3.63) is 66.7 Å².